The fourth-order valence-corrected chi connectivity index (χ4v) is 3.82. The summed E-state index contributed by atoms with van der Waals surface area (Å²) >= 11 is 10.1. The van der Waals surface area contributed by atoms with E-state index < -0.39 is 0 Å². The van der Waals surface area contributed by atoms with Crippen LogP contribution in [0.15, 0.2) is 30.5 Å². The fraction of sp³-hybridized carbons (Fsp3) is 0.273. The molecule has 2 rings (SSSR count). The van der Waals surface area contributed by atoms with Crippen molar-refractivity contribution in [2.75, 3.05) is 13.2 Å². The molecule has 0 saturated heterocycles. The standard InChI is InChI=1S/C11H10Br2O2S2/c12-8-4-16-6-10(8)14-2-1-3-15-11-7-17-5-9(11)13/h4-7H,1-3H2. The number of halogens is 2. The third-order valence-electron chi connectivity index (χ3n) is 1.97. The van der Waals surface area contributed by atoms with E-state index >= 15 is 0 Å². The van der Waals surface area contributed by atoms with Crippen molar-refractivity contribution < 1.29 is 9.47 Å². The van der Waals surface area contributed by atoms with Crippen LogP contribution in [0, 0.1) is 0 Å². The highest BCUT2D eigenvalue weighted by molar-refractivity contribution is 9.11. The quantitative estimate of drug-likeness (QED) is 0.625. The van der Waals surface area contributed by atoms with Crippen molar-refractivity contribution in [2.45, 2.75) is 6.42 Å². The van der Waals surface area contributed by atoms with Gasteiger partial charge in [-0.2, -0.15) is 0 Å². The van der Waals surface area contributed by atoms with E-state index in [9.17, 15) is 0 Å². The van der Waals surface area contributed by atoms with Gasteiger partial charge in [0.2, 0.25) is 0 Å². The molecule has 2 aromatic rings. The van der Waals surface area contributed by atoms with Crippen LogP contribution in [-0.2, 0) is 0 Å². The van der Waals surface area contributed by atoms with E-state index in [4.69, 9.17) is 9.47 Å². The van der Waals surface area contributed by atoms with Crippen LogP contribution in [0.4, 0.5) is 0 Å². The Morgan fingerprint density at radius 1 is 0.824 bits per heavy atom. The minimum absolute atomic E-state index is 0.664. The minimum Gasteiger partial charge on any atom is -0.491 e. The van der Waals surface area contributed by atoms with E-state index in [1.165, 1.54) is 0 Å². The van der Waals surface area contributed by atoms with Crippen LogP contribution >= 0.6 is 54.5 Å². The lowest BCUT2D eigenvalue weighted by atomic mass is 10.5. The first-order chi connectivity index (χ1) is 8.27. The van der Waals surface area contributed by atoms with Crippen molar-refractivity contribution in [1.29, 1.82) is 0 Å². The lowest BCUT2D eigenvalue weighted by molar-refractivity contribution is 0.247. The van der Waals surface area contributed by atoms with Crippen molar-refractivity contribution in [3.05, 3.63) is 30.5 Å². The second kappa shape index (κ2) is 6.78. The summed E-state index contributed by atoms with van der Waals surface area (Å²) in [5.74, 6) is 1.82. The summed E-state index contributed by atoms with van der Waals surface area (Å²) in [6, 6.07) is 0. The Morgan fingerprint density at radius 3 is 1.65 bits per heavy atom. The summed E-state index contributed by atoms with van der Waals surface area (Å²) in [5, 5.41) is 7.99. The largest absolute Gasteiger partial charge is 0.491 e. The van der Waals surface area contributed by atoms with Gasteiger partial charge < -0.3 is 9.47 Å². The molecule has 2 aromatic heterocycles. The summed E-state index contributed by atoms with van der Waals surface area (Å²) in [4.78, 5) is 0. The summed E-state index contributed by atoms with van der Waals surface area (Å²) in [6.45, 7) is 1.33. The molecule has 0 bridgehead atoms. The molecule has 0 aliphatic carbocycles. The van der Waals surface area contributed by atoms with Crippen LogP contribution in [-0.4, -0.2) is 13.2 Å². The summed E-state index contributed by atoms with van der Waals surface area (Å²) < 4.78 is 13.2. The van der Waals surface area contributed by atoms with Gasteiger partial charge in [-0.3, -0.25) is 0 Å². The highest BCUT2D eigenvalue weighted by Gasteiger charge is 2.03. The Hall–Kier alpha value is -0.0400. The predicted octanol–water partition coefficient (Wildman–Crippen LogP) is 5.18. The topological polar surface area (TPSA) is 18.5 Å². The van der Waals surface area contributed by atoms with Gasteiger partial charge in [0.15, 0.2) is 0 Å². The lowest BCUT2D eigenvalue weighted by Crippen LogP contribution is -2.04. The van der Waals surface area contributed by atoms with Crippen LogP contribution in [0.1, 0.15) is 6.42 Å². The molecule has 0 radical (unpaired) electrons. The Kier molecular flexibility index (Phi) is 5.34. The third kappa shape index (κ3) is 3.98. The number of hydrogen-bond donors (Lipinski definition) is 0. The summed E-state index contributed by atoms with van der Waals surface area (Å²) in [5.41, 5.74) is 0. The number of rotatable bonds is 6. The molecule has 0 aromatic carbocycles. The SMILES string of the molecule is Brc1cscc1OCCCOc1cscc1Br. The molecule has 0 fully saturated rings. The maximum Gasteiger partial charge on any atom is 0.144 e. The minimum atomic E-state index is 0.664. The van der Waals surface area contributed by atoms with Gasteiger partial charge in [-0.15, -0.1) is 22.7 Å². The van der Waals surface area contributed by atoms with Crippen molar-refractivity contribution in [2.24, 2.45) is 0 Å². The maximum absolute atomic E-state index is 5.60. The van der Waals surface area contributed by atoms with Crippen molar-refractivity contribution in [3.8, 4) is 11.5 Å². The normalized spacial score (nSPS) is 10.5. The molecule has 92 valence electrons. The molecule has 0 spiro atoms. The molecular weight excluding hydrogens is 388 g/mol. The van der Waals surface area contributed by atoms with E-state index in [2.05, 4.69) is 31.9 Å². The van der Waals surface area contributed by atoms with E-state index in [0.29, 0.717) is 13.2 Å². The second-order valence-electron chi connectivity index (χ2n) is 3.22. The number of thiophene rings is 2. The Balaban J connectivity index is 1.64. The smallest absolute Gasteiger partial charge is 0.144 e. The van der Waals surface area contributed by atoms with Crippen LogP contribution in [0.25, 0.3) is 0 Å². The highest BCUT2D eigenvalue weighted by atomic mass is 79.9. The number of hydrogen-bond acceptors (Lipinski definition) is 4. The van der Waals surface area contributed by atoms with Crippen LogP contribution in [0.5, 0.6) is 11.5 Å². The fourth-order valence-electron chi connectivity index (χ4n) is 1.17. The highest BCUT2D eigenvalue weighted by Crippen LogP contribution is 2.30. The Bertz CT molecular complexity index is 425. The molecule has 0 amide bonds. The molecule has 17 heavy (non-hydrogen) atoms. The molecule has 2 nitrogen and oxygen atoms in total. The van der Waals surface area contributed by atoms with Gasteiger partial charge in [-0.25, -0.2) is 0 Å². The molecule has 6 heteroatoms. The number of ether oxygens (including phenoxy) is 2. The first-order valence-electron chi connectivity index (χ1n) is 4.96. The van der Waals surface area contributed by atoms with E-state index in [1.807, 2.05) is 21.5 Å². The molecule has 0 aliphatic heterocycles. The zero-order valence-electron chi connectivity index (χ0n) is 8.82. The van der Waals surface area contributed by atoms with Crippen LogP contribution in [0.2, 0.25) is 0 Å². The van der Waals surface area contributed by atoms with Crippen LogP contribution in [0.3, 0.4) is 0 Å². The molecule has 2 heterocycles. The van der Waals surface area contributed by atoms with Gasteiger partial charge in [-0.05, 0) is 31.9 Å². The van der Waals surface area contributed by atoms with Gasteiger partial charge in [0.05, 0.1) is 22.2 Å². The maximum atomic E-state index is 5.60. The van der Waals surface area contributed by atoms with E-state index in [0.717, 1.165) is 26.9 Å². The van der Waals surface area contributed by atoms with Gasteiger partial charge in [-0.1, -0.05) is 0 Å². The first kappa shape index (κ1) is 13.4. The molecular formula is C11H10Br2O2S2. The molecule has 0 atom stereocenters. The summed E-state index contributed by atoms with van der Waals surface area (Å²) in [6.07, 6.45) is 0.866. The van der Waals surface area contributed by atoms with Crippen molar-refractivity contribution in [1.82, 2.24) is 0 Å². The Morgan fingerprint density at radius 2 is 1.29 bits per heavy atom. The van der Waals surface area contributed by atoms with Gasteiger partial charge in [0, 0.05) is 27.9 Å². The zero-order valence-corrected chi connectivity index (χ0v) is 13.6. The first-order valence-corrected chi connectivity index (χ1v) is 8.43. The molecule has 0 aliphatic rings. The third-order valence-corrected chi connectivity index (χ3v) is 5.26. The average Bonchev–Trinajstić information content (AvgIpc) is 2.89. The van der Waals surface area contributed by atoms with E-state index in [-0.39, 0.29) is 0 Å². The molecule has 0 saturated carbocycles. The predicted molar refractivity (Wildman–Crippen MR) is 79.6 cm³/mol. The Labute approximate surface area is 125 Å². The van der Waals surface area contributed by atoms with Crippen molar-refractivity contribution in [3.63, 3.8) is 0 Å². The van der Waals surface area contributed by atoms with Crippen molar-refractivity contribution >= 4 is 54.5 Å². The average molecular weight is 398 g/mol. The molecule has 0 N–H and O–H groups in total. The molecule has 0 unspecified atom stereocenters. The lowest BCUT2D eigenvalue weighted by Gasteiger charge is -2.06. The van der Waals surface area contributed by atoms with E-state index in [1.54, 1.807) is 22.7 Å². The second-order valence-corrected chi connectivity index (χ2v) is 6.41. The van der Waals surface area contributed by atoms with Crippen LogP contribution < -0.4 is 9.47 Å². The van der Waals surface area contributed by atoms with Gasteiger partial charge in [0.25, 0.3) is 0 Å². The summed E-state index contributed by atoms with van der Waals surface area (Å²) in [7, 11) is 0. The monoisotopic (exact) mass is 396 g/mol. The van der Waals surface area contributed by atoms with Gasteiger partial charge in [0.1, 0.15) is 11.5 Å². The zero-order chi connectivity index (χ0) is 12.1. The van der Waals surface area contributed by atoms with Gasteiger partial charge >= 0.3 is 0 Å².